The summed E-state index contributed by atoms with van der Waals surface area (Å²) in [5.74, 6) is -0.637. The summed E-state index contributed by atoms with van der Waals surface area (Å²) in [7, 11) is 0. The summed E-state index contributed by atoms with van der Waals surface area (Å²) in [5, 5.41) is 8.62. The van der Waals surface area contributed by atoms with Crippen LogP contribution >= 0.6 is 0 Å². The first-order valence-electron chi connectivity index (χ1n) is 25.8. The highest BCUT2D eigenvalue weighted by Gasteiger charge is 2.27. The first-order valence-corrected chi connectivity index (χ1v) is 25.8. The molecule has 2 rings (SSSR count). The van der Waals surface area contributed by atoms with E-state index in [0.717, 1.165) is 41.6 Å². The Balaban J connectivity index is 1.91. The summed E-state index contributed by atoms with van der Waals surface area (Å²) >= 11 is 0. The number of allylic oxidation sites excluding steroid dienone is 19. The third-order valence-electron chi connectivity index (χ3n) is 12.7. The zero-order valence-electron chi connectivity index (χ0n) is 44.7. The second kappa shape index (κ2) is 33.8. The van der Waals surface area contributed by atoms with Crippen LogP contribution < -0.4 is 16.0 Å². The molecule has 0 aromatic heterocycles. The predicted octanol–water partition coefficient (Wildman–Crippen LogP) is 12.1. The number of ketones is 1. The minimum absolute atomic E-state index is 0.0681. The van der Waals surface area contributed by atoms with E-state index >= 15 is 0 Å². The normalized spacial score (nSPS) is 17.7. The Morgan fingerprint density at radius 2 is 1.13 bits per heavy atom. The van der Waals surface area contributed by atoms with Gasteiger partial charge in [0.25, 0.3) is 0 Å². The van der Waals surface area contributed by atoms with Gasteiger partial charge in [-0.25, -0.2) is 0 Å². The van der Waals surface area contributed by atoms with Crippen molar-refractivity contribution < 1.29 is 33.4 Å². The number of amides is 3. The molecule has 0 heterocycles. The first kappa shape index (κ1) is 60.5. The lowest BCUT2D eigenvalue weighted by Crippen LogP contribution is -2.47. The van der Waals surface area contributed by atoms with Gasteiger partial charge in [-0.05, 0) is 139 Å². The fraction of sp³-hybridized carbons (Fsp3) is 0.593. The van der Waals surface area contributed by atoms with Crippen LogP contribution in [0.1, 0.15) is 160 Å². The summed E-state index contributed by atoms with van der Waals surface area (Å²) in [6, 6.07) is -0.749. The molecule has 0 aliphatic heterocycles. The molecule has 384 valence electrons. The molecule has 0 aromatic carbocycles. The zero-order valence-corrected chi connectivity index (χ0v) is 44.7. The van der Waals surface area contributed by atoms with Gasteiger partial charge in [0.2, 0.25) is 17.7 Å². The van der Waals surface area contributed by atoms with E-state index in [1.54, 1.807) is 6.08 Å². The van der Waals surface area contributed by atoms with Gasteiger partial charge >= 0.3 is 0 Å². The SMILES string of the molecule is CCCOCCC(=O)NCCOCCOCCNC(=O)[C@@H](CCCCCC(=O)/C=C(C)/C=C/C=C(C)/C=C/C1=C(C)CCCC1(C)C)NC(=O)/C=C(C)/C=C/C=C(C)/C=C/C1=C(C)CCCC1(C)C. The molecule has 0 aromatic rings. The van der Waals surface area contributed by atoms with Gasteiger partial charge < -0.3 is 30.2 Å². The highest BCUT2D eigenvalue weighted by Crippen LogP contribution is 2.42. The Labute approximate surface area is 418 Å². The molecule has 0 unspecified atom stereocenters. The van der Waals surface area contributed by atoms with Crippen LogP contribution in [-0.4, -0.2) is 82.3 Å². The van der Waals surface area contributed by atoms with Crippen LogP contribution in [0.25, 0.3) is 0 Å². The molecule has 0 saturated carbocycles. The van der Waals surface area contributed by atoms with Gasteiger partial charge in [-0.2, -0.15) is 0 Å². The summed E-state index contributed by atoms with van der Waals surface area (Å²) in [5.41, 5.74) is 10.1. The van der Waals surface area contributed by atoms with Crippen molar-refractivity contribution in [1.29, 1.82) is 0 Å². The quantitative estimate of drug-likeness (QED) is 0.0347. The van der Waals surface area contributed by atoms with Crippen LogP contribution in [0, 0.1) is 10.8 Å². The number of hydrogen-bond donors (Lipinski definition) is 3. The fourth-order valence-electron chi connectivity index (χ4n) is 8.65. The second-order valence-electron chi connectivity index (χ2n) is 20.2. The summed E-state index contributed by atoms with van der Waals surface area (Å²) < 4.78 is 16.5. The van der Waals surface area contributed by atoms with Crippen LogP contribution in [0.2, 0.25) is 0 Å². The van der Waals surface area contributed by atoms with E-state index in [2.05, 4.69) is 102 Å². The Morgan fingerprint density at radius 3 is 1.67 bits per heavy atom. The fourth-order valence-corrected chi connectivity index (χ4v) is 8.65. The minimum Gasteiger partial charge on any atom is -0.381 e. The second-order valence-corrected chi connectivity index (χ2v) is 20.2. The van der Waals surface area contributed by atoms with Gasteiger partial charge in [0.15, 0.2) is 5.78 Å². The number of unbranched alkanes of at least 4 members (excludes halogenated alkanes) is 2. The molecule has 2 aliphatic rings. The Bertz CT molecular complexity index is 1970. The molecule has 0 fully saturated rings. The molecular weight excluding hydrogens is 863 g/mol. The molecule has 10 heteroatoms. The highest BCUT2D eigenvalue weighted by molar-refractivity contribution is 5.93. The lowest BCUT2D eigenvalue weighted by Gasteiger charge is -2.33. The molecule has 1 atom stereocenters. The van der Waals surface area contributed by atoms with E-state index < -0.39 is 6.04 Å². The van der Waals surface area contributed by atoms with E-state index in [4.69, 9.17) is 14.2 Å². The Morgan fingerprint density at radius 1 is 0.609 bits per heavy atom. The van der Waals surface area contributed by atoms with Crippen LogP contribution in [0.15, 0.2) is 117 Å². The number of carbonyl (C=O) groups is 4. The number of nitrogens with one attached hydrogen (secondary N) is 3. The summed E-state index contributed by atoms with van der Waals surface area (Å²) in [4.78, 5) is 51.3. The van der Waals surface area contributed by atoms with Crippen molar-refractivity contribution in [1.82, 2.24) is 16.0 Å². The van der Waals surface area contributed by atoms with Crippen molar-refractivity contribution in [2.75, 3.05) is 52.7 Å². The Kier molecular flexibility index (Phi) is 29.6. The molecule has 0 radical (unpaired) electrons. The van der Waals surface area contributed by atoms with Crippen molar-refractivity contribution >= 4 is 23.5 Å². The van der Waals surface area contributed by atoms with Crippen molar-refractivity contribution in [3.8, 4) is 0 Å². The van der Waals surface area contributed by atoms with E-state index in [-0.39, 0.29) is 47.5 Å². The molecule has 69 heavy (non-hydrogen) atoms. The molecule has 3 N–H and O–H groups in total. The number of carbonyl (C=O) groups excluding carboxylic acids is 4. The Hall–Kier alpha value is -4.64. The van der Waals surface area contributed by atoms with Gasteiger partial charge in [-0.1, -0.05) is 131 Å². The average Bonchev–Trinajstić information content (AvgIpc) is 3.27. The van der Waals surface area contributed by atoms with Crippen LogP contribution in [0.5, 0.6) is 0 Å². The number of rotatable bonds is 32. The molecule has 0 saturated heterocycles. The van der Waals surface area contributed by atoms with Crippen LogP contribution in [0.4, 0.5) is 0 Å². The molecule has 2 aliphatic carbocycles. The smallest absolute Gasteiger partial charge is 0.244 e. The summed E-state index contributed by atoms with van der Waals surface area (Å²) in [6.45, 7) is 26.8. The molecule has 0 bridgehead atoms. The van der Waals surface area contributed by atoms with Crippen LogP contribution in [-0.2, 0) is 33.4 Å². The van der Waals surface area contributed by atoms with E-state index in [9.17, 15) is 19.2 Å². The topological polar surface area (TPSA) is 132 Å². The largest absolute Gasteiger partial charge is 0.381 e. The third-order valence-corrected chi connectivity index (χ3v) is 12.7. The lowest BCUT2D eigenvalue weighted by atomic mass is 9.72. The minimum atomic E-state index is -0.749. The lowest BCUT2D eigenvalue weighted by molar-refractivity contribution is -0.127. The van der Waals surface area contributed by atoms with Gasteiger partial charge in [0.1, 0.15) is 6.04 Å². The van der Waals surface area contributed by atoms with E-state index in [0.29, 0.717) is 71.7 Å². The predicted molar refractivity (Wildman–Crippen MR) is 286 cm³/mol. The summed E-state index contributed by atoms with van der Waals surface area (Å²) in [6.07, 6.45) is 35.3. The van der Waals surface area contributed by atoms with Gasteiger partial charge in [-0.3, -0.25) is 19.2 Å². The molecule has 3 amide bonds. The molecule has 0 spiro atoms. The van der Waals surface area contributed by atoms with Crippen molar-refractivity contribution in [3.63, 3.8) is 0 Å². The van der Waals surface area contributed by atoms with Crippen molar-refractivity contribution in [2.45, 2.75) is 166 Å². The van der Waals surface area contributed by atoms with Gasteiger partial charge in [0.05, 0.1) is 33.0 Å². The highest BCUT2D eigenvalue weighted by atomic mass is 16.5. The third kappa shape index (κ3) is 26.8. The standard InChI is InChI=1S/C59H91N3O7/c1-12-37-67-38-32-55(64)60-35-39-68-41-42-69-40-36-61-57(66)54(62-56(65)44-48(5)23-17-21-46(3)29-31-53-50(7)25-19-34-59(53,10)11)27-15-13-14-26-51(63)43-47(4)22-16-20-45(2)28-30-52-49(6)24-18-33-58(52,8)9/h16-17,20-23,28-31,43-44,54H,12-15,18-19,24-27,32-42H2,1-11H3,(H,60,64)(H,61,66)(H,62,65)/b22-16+,23-17+,30-28+,31-29+,45-20+,46-21+,47-43+,48-44+/t54-/m1/s1. The van der Waals surface area contributed by atoms with Crippen LogP contribution in [0.3, 0.4) is 0 Å². The van der Waals surface area contributed by atoms with Crippen molar-refractivity contribution in [2.24, 2.45) is 10.8 Å². The number of hydrogen-bond acceptors (Lipinski definition) is 7. The van der Waals surface area contributed by atoms with E-state index in [1.165, 1.54) is 60.5 Å². The molecular formula is C59H91N3O7. The maximum Gasteiger partial charge on any atom is 0.244 e. The average molecular weight is 954 g/mol. The van der Waals surface area contributed by atoms with Gasteiger partial charge in [-0.15, -0.1) is 0 Å². The zero-order chi connectivity index (χ0) is 51.1. The first-order chi connectivity index (χ1) is 32.8. The van der Waals surface area contributed by atoms with Gasteiger partial charge in [0, 0.05) is 38.6 Å². The number of ether oxygens (including phenoxy) is 3. The van der Waals surface area contributed by atoms with Crippen molar-refractivity contribution in [3.05, 3.63) is 117 Å². The maximum absolute atomic E-state index is 13.4. The monoisotopic (exact) mass is 954 g/mol. The maximum atomic E-state index is 13.4. The molecule has 10 nitrogen and oxygen atoms in total. The van der Waals surface area contributed by atoms with E-state index in [1.807, 2.05) is 51.2 Å².